The van der Waals surface area contributed by atoms with Crippen LogP contribution in [0.2, 0.25) is 0 Å². The van der Waals surface area contributed by atoms with Crippen LogP contribution >= 0.6 is 0 Å². The van der Waals surface area contributed by atoms with Gasteiger partial charge in [-0.1, -0.05) is 12.1 Å². The molecule has 0 radical (unpaired) electrons. The zero-order chi connectivity index (χ0) is 13.9. The standard InChI is InChI=1S/C13H12FN5O/c14-9-3-1-8(2-4-9)10(20)5-15-12-11-13(17-6-16-11)19-7-18-12/h1-4,6-7,10,20H,5H2,(H2,15,16,17,18,19). The van der Waals surface area contributed by atoms with Crippen molar-refractivity contribution in [2.75, 3.05) is 11.9 Å². The Balaban J connectivity index is 1.73. The van der Waals surface area contributed by atoms with E-state index in [0.29, 0.717) is 22.5 Å². The molecule has 2 aromatic heterocycles. The first-order chi connectivity index (χ1) is 9.74. The number of aromatic amines is 1. The van der Waals surface area contributed by atoms with E-state index >= 15 is 0 Å². The van der Waals surface area contributed by atoms with Gasteiger partial charge in [0.1, 0.15) is 17.7 Å². The monoisotopic (exact) mass is 273 g/mol. The third-order valence-electron chi connectivity index (χ3n) is 2.94. The topological polar surface area (TPSA) is 86.7 Å². The number of imidazole rings is 1. The van der Waals surface area contributed by atoms with Crippen LogP contribution in [0.5, 0.6) is 0 Å². The van der Waals surface area contributed by atoms with Gasteiger partial charge in [0.15, 0.2) is 11.5 Å². The number of anilines is 1. The highest BCUT2D eigenvalue weighted by Gasteiger charge is 2.10. The van der Waals surface area contributed by atoms with Gasteiger partial charge in [-0.2, -0.15) is 0 Å². The van der Waals surface area contributed by atoms with Gasteiger partial charge in [-0.05, 0) is 17.7 Å². The molecule has 7 heteroatoms. The summed E-state index contributed by atoms with van der Waals surface area (Å²) >= 11 is 0. The highest BCUT2D eigenvalue weighted by molar-refractivity contribution is 5.81. The quantitative estimate of drug-likeness (QED) is 0.672. The second kappa shape index (κ2) is 5.22. The number of aliphatic hydroxyl groups is 1. The normalized spacial score (nSPS) is 12.5. The Morgan fingerprint density at radius 1 is 1.20 bits per heavy atom. The van der Waals surface area contributed by atoms with Crippen molar-refractivity contribution in [2.24, 2.45) is 0 Å². The fraction of sp³-hybridized carbons (Fsp3) is 0.154. The molecular weight excluding hydrogens is 261 g/mol. The Morgan fingerprint density at radius 3 is 2.80 bits per heavy atom. The SMILES string of the molecule is OC(CNc1ncnc2nc[nH]c12)c1ccc(F)cc1. The van der Waals surface area contributed by atoms with Crippen molar-refractivity contribution in [2.45, 2.75) is 6.10 Å². The fourth-order valence-corrected chi connectivity index (χ4v) is 1.90. The van der Waals surface area contributed by atoms with Gasteiger partial charge in [-0.15, -0.1) is 0 Å². The zero-order valence-corrected chi connectivity index (χ0v) is 10.4. The summed E-state index contributed by atoms with van der Waals surface area (Å²) in [5.74, 6) is 0.234. The smallest absolute Gasteiger partial charge is 0.182 e. The van der Waals surface area contributed by atoms with Crippen LogP contribution < -0.4 is 5.32 Å². The van der Waals surface area contributed by atoms with Gasteiger partial charge in [0.25, 0.3) is 0 Å². The number of hydrogen-bond donors (Lipinski definition) is 3. The lowest BCUT2D eigenvalue weighted by Crippen LogP contribution is -2.13. The Bertz CT molecular complexity index is 712. The van der Waals surface area contributed by atoms with Crippen LogP contribution in [0.4, 0.5) is 10.2 Å². The zero-order valence-electron chi connectivity index (χ0n) is 10.4. The van der Waals surface area contributed by atoms with Crippen LogP contribution in [0.15, 0.2) is 36.9 Å². The minimum atomic E-state index is -0.761. The summed E-state index contributed by atoms with van der Waals surface area (Å²) in [4.78, 5) is 15.0. The van der Waals surface area contributed by atoms with Crippen LogP contribution in [0.1, 0.15) is 11.7 Å². The lowest BCUT2D eigenvalue weighted by atomic mass is 10.1. The number of fused-ring (bicyclic) bond motifs is 1. The third-order valence-corrected chi connectivity index (χ3v) is 2.94. The van der Waals surface area contributed by atoms with Gasteiger partial charge in [0.05, 0.1) is 12.4 Å². The van der Waals surface area contributed by atoms with E-state index < -0.39 is 6.10 Å². The van der Waals surface area contributed by atoms with E-state index in [9.17, 15) is 9.50 Å². The van der Waals surface area contributed by atoms with Crippen molar-refractivity contribution in [1.82, 2.24) is 19.9 Å². The molecule has 102 valence electrons. The Morgan fingerprint density at radius 2 is 2.00 bits per heavy atom. The number of H-pyrrole nitrogens is 1. The summed E-state index contributed by atoms with van der Waals surface area (Å²) in [6.45, 7) is 0.247. The highest BCUT2D eigenvalue weighted by Crippen LogP contribution is 2.17. The molecule has 0 aliphatic heterocycles. The van der Waals surface area contributed by atoms with E-state index in [2.05, 4.69) is 25.3 Å². The molecule has 0 saturated heterocycles. The summed E-state index contributed by atoms with van der Waals surface area (Å²) in [5, 5.41) is 13.1. The van der Waals surface area contributed by atoms with E-state index in [1.165, 1.54) is 24.8 Å². The second-order valence-corrected chi connectivity index (χ2v) is 4.27. The summed E-state index contributed by atoms with van der Waals surface area (Å²) in [5.41, 5.74) is 1.87. The summed E-state index contributed by atoms with van der Waals surface area (Å²) < 4.78 is 12.8. The average Bonchev–Trinajstić information content (AvgIpc) is 2.94. The molecule has 1 unspecified atom stereocenters. The molecule has 0 aliphatic carbocycles. The highest BCUT2D eigenvalue weighted by atomic mass is 19.1. The molecule has 2 heterocycles. The van der Waals surface area contributed by atoms with Crippen molar-refractivity contribution >= 4 is 17.0 Å². The largest absolute Gasteiger partial charge is 0.387 e. The lowest BCUT2D eigenvalue weighted by molar-refractivity contribution is 0.191. The maximum absolute atomic E-state index is 12.8. The lowest BCUT2D eigenvalue weighted by Gasteiger charge is -2.12. The molecule has 6 nitrogen and oxygen atoms in total. The van der Waals surface area contributed by atoms with Crippen molar-refractivity contribution in [3.05, 3.63) is 48.3 Å². The minimum absolute atomic E-state index is 0.247. The molecule has 20 heavy (non-hydrogen) atoms. The van der Waals surface area contributed by atoms with Gasteiger partial charge < -0.3 is 15.4 Å². The van der Waals surface area contributed by atoms with Crippen molar-refractivity contribution in [1.29, 1.82) is 0 Å². The summed E-state index contributed by atoms with van der Waals surface area (Å²) in [6, 6.07) is 5.73. The van der Waals surface area contributed by atoms with Gasteiger partial charge in [0.2, 0.25) is 0 Å². The molecular formula is C13H12FN5O. The first-order valence-corrected chi connectivity index (χ1v) is 6.05. The number of halogens is 1. The molecule has 0 amide bonds. The molecule has 0 fully saturated rings. The number of hydrogen-bond acceptors (Lipinski definition) is 5. The number of aromatic nitrogens is 4. The number of benzene rings is 1. The number of nitrogens with one attached hydrogen (secondary N) is 2. The molecule has 1 atom stereocenters. The van der Waals surface area contributed by atoms with Gasteiger partial charge in [0, 0.05) is 6.54 Å². The first kappa shape index (κ1) is 12.5. The van der Waals surface area contributed by atoms with Crippen LogP contribution in [-0.2, 0) is 0 Å². The van der Waals surface area contributed by atoms with E-state index in [1.807, 2.05) is 0 Å². The van der Waals surface area contributed by atoms with Crippen molar-refractivity contribution in [3.8, 4) is 0 Å². The molecule has 1 aromatic carbocycles. The molecule has 3 aromatic rings. The Labute approximate surface area is 113 Å². The van der Waals surface area contributed by atoms with E-state index in [1.54, 1.807) is 12.1 Å². The molecule has 0 saturated carbocycles. The molecule has 0 bridgehead atoms. The summed E-state index contributed by atoms with van der Waals surface area (Å²) in [7, 11) is 0. The maximum Gasteiger partial charge on any atom is 0.182 e. The van der Waals surface area contributed by atoms with Gasteiger partial charge >= 0.3 is 0 Å². The maximum atomic E-state index is 12.8. The van der Waals surface area contributed by atoms with Crippen molar-refractivity contribution in [3.63, 3.8) is 0 Å². The number of nitrogens with zero attached hydrogens (tertiary/aromatic N) is 3. The number of aliphatic hydroxyl groups excluding tert-OH is 1. The fourth-order valence-electron chi connectivity index (χ4n) is 1.90. The van der Waals surface area contributed by atoms with Gasteiger partial charge in [-0.3, -0.25) is 0 Å². The molecule has 0 aliphatic rings. The minimum Gasteiger partial charge on any atom is -0.387 e. The Hall–Kier alpha value is -2.54. The second-order valence-electron chi connectivity index (χ2n) is 4.27. The molecule has 3 N–H and O–H groups in total. The summed E-state index contributed by atoms with van der Waals surface area (Å²) in [6.07, 6.45) is 2.17. The molecule has 3 rings (SSSR count). The van der Waals surface area contributed by atoms with Crippen LogP contribution in [0.25, 0.3) is 11.2 Å². The van der Waals surface area contributed by atoms with Crippen molar-refractivity contribution < 1.29 is 9.50 Å². The van der Waals surface area contributed by atoms with Crippen LogP contribution in [0, 0.1) is 5.82 Å². The average molecular weight is 273 g/mol. The number of rotatable bonds is 4. The van der Waals surface area contributed by atoms with Gasteiger partial charge in [-0.25, -0.2) is 19.3 Å². The third kappa shape index (κ3) is 2.43. The molecule has 0 spiro atoms. The van der Waals surface area contributed by atoms with E-state index in [4.69, 9.17) is 0 Å². The first-order valence-electron chi connectivity index (χ1n) is 6.05. The van der Waals surface area contributed by atoms with E-state index in [0.717, 1.165) is 0 Å². The van der Waals surface area contributed by atoms with E-state index in [-0.39, 0.29) is 12.4 Å². The Kier molecular flexibility index (Phi) is 3.26. The predicted octanol–water partition coefficient (Wildman–Crippen LogP) is 1.64. The van der Waals surface area contributed by atoms with Crippen LogP contribution in [-0.4, -0.2) is 31.6 Å². The van der Waals surface area contributed by atoms with Crippen LogP contribution in [0.3, 0.4) is 0 Å². The predicted molar refractivity (Wildman–Crippen MR) is 71.5 cm³/mol.